The predicted molar refractivity (Wildman–Crippen MR) is 87.2 cm³/mol. The van der Waals surface area contributed by atoms with Crippen molar-refractivity contribution in [3.8, 4) is 0 Å². The Morgan fingerprint density at radius 3 is 1.24 bits per heavy atom. The van der Waals surface area contributed by atoms with Gasteiger partial charge in [-0.2, -0.15) is 0 Å². The minimum Gasteiger partial charge on any atom is -0.492 e. The molecule has 0 atom stereocenters. The highest BCUT2D eigenvalue weighted by molar-refractivity contribution is 6.85. The zero-order valence-corrected chi connectivity index (χ0v) is 16.5. The number of carbonyl (C=O) groups is 2. The maximum absolute atomic E-state index is 11.3. The van der Waals surface area contributed by atoms with Crippen molar-refractivity contribution in [2.24, 2.45) is 0 Å². The largest absolute Gasteiger partial charge is 0.492 e. The zero-order chi connectivity index (χ0) is 16.9. The van der Waals surface area contributed by atoms with Gasteiger partial charge in [0.2, 0.25) is 0 Å². The van der Waals surface area contributed by atoms with Gasteiger partial charge in [-0.15, -0.1) is 0 Å². The van der Waals surface area contributed by atoms with E-state index >= 15 is 0 Å². The van der Waals surface area contributed by atoms with E-state index in [1.807, 2.05) is 13.1 Å². The van der Waals surface area contributed by atoms with E-state index in [9.17, 15) is 9.59 Å². The highest BCUT2D eigenvalue weighted by atomic mass is 28.5. The molecule has 0 aromatic carbocycles. The van der Waals surface area contributed by atoms with Gasteiger partial charge in [0.05, 0.1) is 0 Å². The summed E-state index contributed by atoms with van der Waals surface area (Å²) in [5.41, 5.74) is 0. The third kappa shape index (κ3) is 8.78. The predicted octanol–water partition coefficient (Wildman–Crippen LogP) is 2.58. The van der Waals surface area contributed by atoms with Crippen LogP contribution in [0.1, 0.15) is 0 Å². The van der Waals surface area contributed by atoms with Crippen molar-refractivity contribution in [1.82, 2.24) is 0 Å². The van der Waals surface area contributed by atoms with E-state index < -0.39 is 37.6 Å². The lowest BCUT2D eigenvalue weighted by atomic mass is 10.7. The molecule has 0 unspecified atom stereocenters. The molecule has 0 aromatic heterocycles. The summed E-state index contributed by atoms with van der Waals surface area (Å²) < 4.78 is 22.4. The van der Waals surface area contributed by atoms with Crippen molar-refractivity contribution in [2.45, 2.75) is 39.3 Å². The van der Waals surface area contributed by atoms with E-state index in [2.05, 4.69) is 13.2 Å². The van der Waals surface area contributed by atoms with E-state index in [0.717, 1.165) is 12.2 Å². The average Bonchev–Trinajstić information content (AvgIpc) is 2.23. The Balaban J connectivity index is 4.81. The van der Waals surface area contributed by atoms with E-state index in [0.29, 0.717) is 0 Å². The lowest BCUT2D eigenvalue weighted by molar-refractivity contribution is -0.131. The summed E-state index contributed by atoms with van der Waals surface area (Å²) in [5, 5.41) is 0. The molecular formula is C12H24O6Si3. The maximum Gasteiger partial charge on any atom is 0.386 e. The van der Waals surface area contributed by atoms with Crippen LogP contribution in [0, 0.1) is 0 Å². The molecule has 9 heteroatoms. The van der Waals surface area contributed by atoms with Crippen molar-refractivity contribution >= 4 is 37.6 Å². The molecule has 0 saturated heterocycles. The minimum absolute atomic E-state index is 0.522. The quantitative estimate of drug-likeness (QED) is 0.496. The van der Waals surface area contributed by atoms with Crippen LogP contribution >= 0.6 is 0 Å². The molecule has 6 nitrogen and oxygen atoms in total. The monoisotopic (exact) mass is 348 g/mol. The van der Waals surface area contributed by atoms with Crippen LogP contribution in [0.5, 0.6) is 0 Å². The first-order valence-electron chi connectivity index (χ1n) is 6.44. The van der Waals surface area contributed by atoms with Gasteiger partial charge in [0.1, 0.15) is 0 Å². The molecule has 0 fully saturated rings. The van der Waals surface area contributed by atoms with Crippen LogP contribution in [0.3, 0.4) is 0 Å². The standard InChI is InChI=1S/C12H24O6Si3/c1-9-11(13)15-19(3,4)17-21(7,8)18-20(5,6)16-12(14)10-2/h9-10H,1-2H2,3-8H3. The Morgan fingerprint density at radius 1 is 0.714 bits per heavy atom. The van der Waals surface area contributed by atoms with Gasteiger partial charge in [-0.25, -0.2) is 9.59 Å². The highest BCUT2D eigenvalue weighted by Gasteiger charge is 2.44. The number of hydrogen-bond donors (Lipinski definition) is 0. The molecule has 0 amide bonds. The number of carbonyl (C=O) groups excluding carboxylic acids is 2. The van der Waals surface area contributed by atoms with Gasteiger partial charge in [0.25, 0.3) is 0 Å². The van der Waals surface area contributed by atoms with Gasteiger partial charge < -0.3 is 17.1 Å². The summed E-state index contributed by atoms with van der Waals surface area (Å²) >= 11 is 0. The van der Waals surface area contributed by atoms with Gasteiger partial charge in [-0.1, -0.05) is 13.2 Å². The first-order valence-corrected chi connectivity index (χ1v) is 14.9. The van der Waals surface area contributed by atoms with E-state index in [4.69, 9.17) is 17.1 Å². The van der Waals surface area contributed by atoms with Gasteiger partial charge >= 0.3 is 37.6 Å². The second-order valence-corrected chi connectivity index (χ2v) is 16.1. The Hall–Kier alpha value is -1.01. The summed E-state index contributed by atoms with van der Waals surface area (Å²) in [6.07, 6.45) is 2.19. The molecule has 0 aliphatic rings. The molecule has 120 valence electrons. The number of rotatable bonds is 8. The Morgan fingerprint density at radius 2 is 1.00 bits per heavy atom. The SMILES string of the molecule is C=CC(=O)O[Si](C)(C)O[Si](C)(C)O[Si](C)(C)OC(=O)C=C. The summed E-state index contributed by atoms with van der Waals surface area (Å²) in [4.78, 5) is 22.6. The van der Waals surface area contributed by atoms with Crippen LogP contribution in [-0.2, 0) is 26.7 Å². The van der Waals surface area contributed by atoms with Crippen molar-refractivity contribution in [2.75, 3.05) is 0 Å². The molecule has 0 spiro atoms. The molecule has 0 bridgehead atoms. The summed E-state index contributed by atoms with van der Waals surface area (Å²) in [6, 6.07) is 0. The van der Waals surface area contributed by atoms with Crippen molar-refractivity contribution in [1.29, 1.82) is 0 Å². The third-order valence-electron chi connectivity index (χ3n) is 2.01. The fourth-order valence-electron chi connectivity index (χ4n) is 1.81. The number of hydrogen-bond acceptors (Lipinski definition) is 6. The van der Waals surface area contributed by atoms with E-state index in [1.165, 1.54) is 0 Å². The van der Waals surface area contributed by atoms with Crippen LogP contribution in [0.15, 0.2) is 25.3 Å². The molecule has 0 heterocycles. The second-order valence-electron chi connectivity index (χ2n) is 5.65. The summed E-state index contributed by atoms with van der Waals surface area (Å²) in [5.74, 6) is -1.04. The third-order valence-corrected chi connectivity index (χ3v) is 11.3. The summed E-state index contributed by atoms with van der Waals surface area (Å²) in [7, 11) is -8.02. The van der Waals surface area contributed by atoms with Crippen molar-refractivity contribution in [3.05, 3.63) is 25.3 Å². The molecule has 0 aliphatic heterocycles. The first kappa shape index (κ1) is 20.0. The fourth-order valence-corrected chi connectivity index (χ4v) is 13.3. The zero-order valence-electron chi connectivity index (χ0n) is 13.5. The van der Waals surface area contributed by atoms with Crippen LogP contribution in [0.4, 0.5) is 0 Å². The topological polar surface area (TPSA) is 71.1 Å². The average molecular weight is 349 g/mol. The second kappa shape index (κ2) is 7.31. The van der Waals surface area contributed by atoms with E-state index in [1.54, 1.807) is 26.2 Å². The van der Waals surface area contributed by atoms with Gasteiger partial charge in [-0.3, -0.25) is 0 Å². The van der Waals surface area contributed by atoms with Crippen LogP contribution in [0.2, 0.25) is 39.3 Å². The minimum atomic E-state index is -2.69. The Kier molecular flexibility index (Phi) is 6.96. The van der Waals surface area contributed by atoms with Gasteiger partial charge in [-0.05, 0) is 39.3 Å². The van der Waals surface area contributed by atoms with Crippen molar-refractivity contribution < 1.29 is 26.7 Å². The molecular weight excluding hydrogens is 324 g/mol. The van der Waals surface area contributed by atoms with Crippen LogP contribution < -0.4 is 0 Å². The maximum atomic E-state index is 11.3. The van der Waals surface area contributed by atoms with Gasteiger partial charge in [0, 0.05) is 12.2 Å². The Bertz CT molecular complexity index is 393. The summed E-state index contributed by atoms with van der Waals surface area (Å²) in [6.45, 7) is 17.3. The smallest absolute Gasteiger partial charge is 0.386 e. The lowest BCUT2D eigenvalue weighted by Gasteiger charge is -2.36. The van der Waals surface area contributed by atoms with Crippen LogP contribution in [-0.4, -0.2) is 37.6 Å². The molecule has 0 aliphatic carbocycles. The lowest BCUT2D eigenvalue weighted by Crippen LogP contribution is -2.55. The first-order chi connectivity index (χ1) is 9.32. The highest BCUT2D eigenvalue weighted by Crippen LogP contribution is 2.22. The molecule has 0 N–H and O–H groups in total. The molecule has 21 heavy (non-hydrogen) atoms. The molecule has 0 rings (SSSR count). The normalized spacial score (nSPS) is 12.5. The molecule has 0 saturated carbocycles. The molecule has 0 radical (unpaired) electrons. The molecule has 0 aromatic rings. The van der Waals surface area contributed by atoms with Gasteiger partial charge in [0.15, 0.2) is 0 Å². The Labute approximate surface area is 129 Å². The van der Waals surface area contributed by atoms with Crippen molar-refractivity contribution in [3.63, 3.8) is 0 Å². The fraction of sp³-hybridized carbons (Fsp3) is 0.500. The van der Waals surface area contributed by atoms with Crippen LogP contribution in [0.25, 0.3) is 0 Å². The van der Waals surface area contributed by atoms with E-state index in [-0.39, 0.29) is 0 Å².